The predicted octanol–water partition coefficient (Wildman–Crippen LogP) is 1.43. The number of anilines is 2. The van der Waals surface area contributed by atoms with Gasteiger partial charge in [0.25, 0.3) is 0 Å². The Kier molecular flexibility index (Phi) is 2.64. The van der Waals surface area contributed by atoms with Crippen molar-refractivity contribution in [3.05, 3.63) is 23.0 Å². The van der Waals surface area contributed by atoms with Crippen LogP contribution < -0.4 is 16.4 Å². The summed E-state index contributed by atoms with van der Waals surface area (Å²) in [4.78, 5) is 4.13. The molecule has 0 spiro atoms. The van der Waals surface area contributed by atoms with Crippen LogP contribution in [0.1, 0.15) is 0 Å². The first-order valence-electron chi connectivity index (χ1n) is 4.46. The number of hydrogen-bond donors (Lipinski definition) is 3. The van der Waals surface area contributed by atoms with Gasteiger partial charge in [0.2, 0.25) is 0 Å². The number of benzene rings is 1. The lowest BCUT2D eigenvalue weighted by Gasteiger charge is -2.09. The number of nitrogens with zero attached hydrogens (tertiary/aromatic N) is 1. The summed E-state index contributed by atoms with van der Waals surface area (Å²) in [6.45, 7) is 1.51. The molecule has 0 saturated heterocycles. The summed E-state index contributed by atoms with van der Waals surface area (Å²) in [6, 6.07) is 2.62. The fourth-order valence-electron chi connectivity index (χ4n) is 1.27. The molecule has 0 unspecified atom stereocenters. The van der Waals surface area contributed by atoms with Crippen LogP contribution in [-0.2, 0) is 0 Å². The SMILES string of the molecule is Nc1cc(NC2=NCCN2)c(Cl)cc1F. The van der Waals surface area contributed by atoms with E-state index in [0.29, 0.717) is 11.6 Å². The first-order chi connectivity index (χ1) is 7.16. The minimum Gasteiger partial charge on any atom is -0.396 e. The van der Waals surface area contributed by atoms with Gasteiger partial charge in [-0.25, -0.2) is 4.39 Å². The summed E-state index contributed by atoms with van der Waals surface area (Å²) in [5.41, 5.74) is 6.03. The van der Waals surface area contributed by atoms with Crippen molar-refractivity contribution in [2.24, 2.45) is 4.99 Å². The summed E-state index contributed by atoms with van der Waals surface area (Å²) in [5.74, 6) is 0.106. The third-order valence-electron chi connectivity index (χ3n) is 2.01. The molecule has 80 valence electrons. The molecule has 15 heavy (non-hydrogen) atoms. The normalized spacial score (nSPS) is 14.7. The van der Waals surface area contributed by atoms with Crippen LogP contribution in [0, 0.1) is 5.82 Å². The minimum atomic E-state index is -0.521. The fourth-order valence-corrected chi connectivity index (χ4v) is 1.47. The lowest BCUT2D eigenvalue weighted by molar-refractivity contribution is 0.633. The molecular weight excluding hydrogens is 219 g/mol. The molecule has 0 aromatic heterocycles. The molecule has 1 aromatic carbocycles. The van der Waals surface area contributed by atoms with Gasteiger partial charge in [0.15, 0.2) is 5.96 Å². The lowest BCUT2D eigenvalue weighted by Crippen LogP contribution is -2.26. The fraction of sp³-hybridized carbons (Fsp3) is 0.222. The van der Waals surface area contributed by atoms with Crippen LogP contribution >= 0.6 is 11.6 Å². The van der Waals surface area contributed by atoms with Crippen LogP contribution in [0.25, 0.3) is 0 Å². The highest BCUT2D eigenvalue weighted by Crippen LogP contribution is 2.26. The number of hydrogen-bond acceptors (Lipinski definition) is 4. The van der Waals surface area contributed by atoms with E-state index < -0.39 is 5.82 Å². The van der Waals surface area contributed by atoms with Crippen molar-refractivity contribution in [2.45, 2.75) is 0 Å². The number of nitrogens with two attached hydrogens (primary N) is 1. The maximum absolute atomic E-state index is 13.0. The number of rotatable bonds is 1. The Morgan fingerprint density at radius 2 is 2.33 bits per heavy atom. The van der Waals surface area contributed by atoms with Crippen molar-refractivity contribution in [1.29, 1.82) is 0 Å². The van der Waals surface area contributed by atoms with E-state index in [-0.39, 0.29) is 10.7 Å². The van der Waals surface area contributed by atoms with Crippen molar-refractivity contribution in [3.8, 4) is 0 Å². The van der Waals surface area contributed by atoms with Crippen molar-refractivity contribution >= 4 is 28.9 Å². The van der Waals surface area contributed by atoms with Gasteiger partial charge in [-0.2, -0.15) is 0 Å². The molecule has 0 atom stereocenters. The summed E-state index contributed by atoms with van der Waals surface area (Å²) < 4.78 is 13.0. The highest BCUT2D eigenvalue weighted by atomic mass is 35.5. The van der Waals surface area contributed by atoms with Crippen molar-refractivity contribution < 1.29 is 4.39 Å². The molecule has 0 amide bonds. The molecule has 1 aliphatic rings. The summed E-state index contributed by atoms with van der Waals surface area (Å²) >= 11 is 5.84. The summed E-state index contributed by atoms with van der Waals surface area (Å²) in [6.07, 6.45) is 0. The molecule has 0 aliphatic carbocycles. The Bertz CT molecular complexity index is 419. The highest BCUT2D eigenvalue weighted by molar-refractivity contribution is 6.33. The van der Waals surface area contributed by atoms with Gasteiger partial charge in [-0.15, -0.1) is 0 Å². The van der Waals surface area contributed by atoms with Crippen LogP contribution in [0.2, 0.25) is 5.02 Å². The zero-order valence-electron chi connectivity index (χ0n) is 7.85. The third kappa shape index (κ3) is 2.12. The zero-order valence-corrected chi connectivity index (χ0v) is 8.61. The smallest absolute Gasteiger partial charge is 0.195 e. The van der Waals surface area contributed by atoms with Gasteiger partial charge in [0.1, 0.15) is 5.82 Å². The quantitative estimate of drug-likeness (QED) is 0.638. The highest BCUT2D eigenvalue weighted by Gasteiger charge is 2.10. The van der Waals surface area contributed by atoms with E-state index in [4.69, 9.17) is 17.3 Å². The Balaban J connectivity index is 2.24. The third-order valence-corrected chi connectivity index (χ3v) is 2.33. The van der Waals surface area contributed by atoms with Crippen LogP contribution in [0.5, 0.6) is 0 Å². The average Bonchev–Trinajstić information content (AvgIpc) is 2.67. The van der Waals surface area contributed by atoms with Gasteiger partial charge in [-0.05, 0) is 12.1 Å². The molecule has 1 aliphatic heterocycles. The van der Waals surface area contributed by atoms with Crippen molar-refractivity contribution in [1.82, 2.24) is 5.32 Å². The van der Waals surface area contributed by atoms with Crippen LogP contribution in [-0.4, -0.2) is 19.0 Å². The molecule has 6 heteroatoms. The van der Waals surface area contributed by atoms with E-state index in [1.807, 2.05) is 0 Å². The van der Waals surface area contributed by atoms with E-state index in [9.17, 15) is 4.39 Å². The lowest BCUT2D eigenvalue weighted by atomic mass is 10.2. The summed E-state index contributed by atoms with van der Waals surface area (Å²) in [7, 11) is 0. The van der Waals surface area contributed by atoms with Crippen LogP contribution in [0.15, 0.2) is 17.1 Å². The second-order valence-electron chi connectivity index (χ2n) is 3.14. The topological polar surface area (TPSA) is 62.4 Å². The van der Waals surface area contributed by atoms with Gasteiger partial charge in [-0.3, -0.25) is 4.99 Å². The minimum absolute atomic E-state index is 0.0560. The molecule has 1 heterocycles. The molecule has 0 saturated carbocycles. The largest absolute Gasteiger partial charge is 0.396 e. The Morgan fingerprint density at radius 1 is 1.53 bits per heavy atom. The Morgan fingerprint density at radius 3 is 3.00 bits per heavy atom. The van der Waals surface area contributed by atoms with Gasteiger partial charge in [0.05, 0.1) is 22.9 Å². The number of halogens is 2. The van der Waals surface area contributed by atoms with E-state index in [2.05, 4.69) is 15.6 Å². The van der Waals surface area contributed by atoms with Crippen LogP contribution in [0.3, 0.4) is 0 Å². The predicted molar refractivity (Wildman–Crippen MR) is 59.7 cm³/mol. The van der Waals surface area contributed by atoms with Gasteiger partial charge < -0.3 is 16.4 Å². The first kappa shape index (κ1) is 10.0. The average molecular weight is 229 g/mol. The van der Waals surface area contributed by atoms with Gasteiger partial charge in [0, 0.05) is 6.54 Å². The Hall–Kier alpha value is -1.49. The van der Waals surface area contributed by atoms with Gasteiger partial charge in [-0.1, -0.05) is 11.6 Å². The molecule has 0 bridgehead atoms. The van der Waals surface area contributed by atoms with Crippen molar-refractivity contribution in [2.75, 3.05) is 24.1 Å². The monoisotopic (exact) mass is 228 g/mol. The van der Waals surface area contributed by atoms with Crippen molar-refractivity contribution in [3.63, 3.8) is 0 Å². The van der Waals surface area contributed by atoms with E-state index in [1.54, 1.807) is 0 Å². The second-order valence-corrected chi connectivity index (χ2v) is 3.54. The first-order valence-corrected chi connectivity index (χ1v) is 4.84. The van der Waals surface area contributed by atoms with E-state index in [1.165, 1.54) is 12.1 Å². The molecule has 4 N–H and O–H groups in total. The second kappa shape index (κ2) is 3.94. The zero-order chi connectivity index (χ0) is 10.8. The van der Waals surface area contributed by atoms with E-state index >= 15 is 0 Å². The molecule has 4 nitrogen and oxygen atoms in total. The Labute approximate surface area is 91.3 Å². The number of nitrogen functional groups attached to an aromatic ring is 1. The molecule has 0 fully saturated rings. The maximum atomic E-state index is 13.0. The summed E-state index contributed by atoms with van der Waals surface area (Å²) in [5, 5.41) is 6.23. The van der Waals surface area contributed by atoms with Gasteiger partial charge >= 0.3 is 0 Å². The number of aliphatic imine (C=N–C) groups is 1. The molecule has 2 rings (SSSR count). The number of guanidine groups is 1. The maximum Gasteiger partial charge on any atom is 0.195 e. The number of nitrogens with one attached hydrogen (secondary N) is 2. The van der Waals surface area contributed by atoms with E-state index in [0.717, 1.165) is 13.1 Å². The standard InChI is InChI=1S/C9H10ClFN4/c10-5-3-6(11)7(12)4-8(5)15-9-13-1-2-14-9/h3-4H,1-2,12H2,(H2,13,14,15). The molecule has 0 radical (unpaired) electrons. The van der Waals surface area contributed by atoms with Crippen LogP contribution in [0.4, 0.5) is 15.8 Å². The molecular formula is C9H10ClFN4. The molecule has 1 aromatic rings.